The SMILES string of the molecule is COc1ccc(OC)c(NC(=O)CSCC(=O)N2CCCN2C(=O)Cc2ccc(S(C)(=O)=O)cc2)c1. The first-order valence-corrected chi connectivity index (χ1v) is 14.2. The van der Waals surface area contributed by atoms with E-state index < -0.39 is 9.84 Å². The van der Waals surface area contributed by atoms with Crippen molar-refractivity contribution in [2.75, 3.05) is 50.4 Å². The van der Waals surface area contributed by atoms with E-state index in [2.05, 4.69) is 5.32 Å². The number of ether oxygens (including phenoxy) is 2. The lowest BCUT2D eigenvalue weighted by Crippen LogP contribution is -2.46. The monoisotopic (exact) mass is 535 g/mol. The second kappa shape index (κ2) is 12.1. The van der Waals surface area contributed by atoms with Crippen LogP contribution in [0.15, 0.2) is 47.4 Å². The molecular weight excluding hydrogens is 506 g/mol. The predicted octanol–water partition coefficient (Wildman–Crippen LogP) is 2.00. The largest absolute Gasteiger partial charge is 0.497 e. The van der Waals surface area contributed by atoms with Crippen molar-refractivity contribution in [1.29, 1.82) is 0 Å². The van der Waals surface area contributed by atoms with Crippen LogP contribution in [0.2, 0.25) is 0 Å². The number of carbonyl (C=O) groups is 3. The van der Waals surface area contributed by atoms with Crippen LogP contribution in [0.1, 0.15) is 12.0 Å². The Balaban J connectivity index is 1.51. The van der Waals surface area contributed by atoms with Crippen LogP contribution >= 0.6 is 11.8 Å². The Hall–Kier alpha value is -3.25. The van der Waals surface area contributed by atoms with Crippen molar-refractivity contribution in [3.05, 3.63) is 48.0 Å². The Kier molecular flexibility index (Phi) is 9.21. The number of methoxy groups -OCH3 is 2. The van der Waals surface area contributed by atoms with Crippen LogP contribution in [0.5, 0.6) is 11.5 Å². The van der Waals surface area contributed by atoms with E-state index in [1.54, 1.807) is 30.3 Å². The molecule has 1 heterocycles. The minimum atomic E-state index is -3.31. The summed E-state index contributed by atoms with van der Waals surface area (Å²) in [5.74, 6) is 0.328. The lowest BCUT2D eigenvalue weighted by molar-refractivity contribution is -0.155. The zero-order chi connectivity index (χ0) is 26.3. The number of carbonyl (C=O) groups excluding carboxylic acids is 3. The number of amides is 3. The van der Waals surface area contributed by atoms with Gasteiger partial charge in [-0.25, -0.2) is 8.42 Å². The molecule has 0 spiro atoms. The Bertz CT molecular complexity index is 1220. The van der Waals surface area contributed by atoms with Gasteiger partial charge in [0.1, 0.15) is 11.5 Å². The van der Waals surface area contributed by atoms with Crippen LogP contribution in [-0.2, 0) is 30.6 Å². The van der Waals surface area contributed by atoms with E-state index in [0.717, 1.165) is 18.0 Å². The maximum absolute atomic E-state index is 12.8. The van der Waals surface area contributed by atoms with Gasteiger partial charge >= 0.3 is 0 Å². The van der Waals surface area contributed by atoms with Crippen molar-refractivity contribution in [3.63, 3.8) is 0 Å². The molecule has 0 bridgehead atoms. The van der Waals surface area contributed by atoms with E-state index in [-0.39, 0.29) is 40.5 Å². The van der Waals surface area contributed by atoms with Gasteiger partial charge in [-0.2, -0.15) is 0 Å². The number of benzene rings is 2. The topological polar surface area (TPSA) is 122 Å². The third kappa shape index (κ3) is 7.14. The number of nitrogens with one attached hydrogen (secondary N) is 1. The molecule has 1 fully saturated rings. The first-order valence-electron chi connectivity index (χ1n) is 11.1. The summed E-state index contributed by atoms with van der Waals surface area (Å²) in [6.07, 6.45) is 1.83. The van der Waals surface area contributed by atoms with E-state index in [4.69, 9.17) is 9.47 Å². The molecule has 36 heavy (non-hydrogen) atoms. The summed E-state index contributed by atoms with van der Waals surface area (Å²) in [5, 5.41) is 5.60. The van der Waals surface area contributed by atoms with Crippen molar-refractivity contribution in [1.82, 2.24) is 10.0 Å². The summed E-state index contributed by atoms with van der Waals surface area (Å²) in [7, 11) is -0.292. The van der Waals surface area contributed by atoms with Gasteiger partial charge in [0.15, 0.2) is 9.84 Å². The first-order chi connectivity index (χ1) is 17.1. The molecular formula is C24H29N3O7S2. The molecule has 3 rings (SSSR count). The summed E-state index contributed by atoms with van der Waals surface area (Å²) >= 11 is 1.15. The van der Waals surface area contributed by atoms with E-state index in [1.807, 2.05) is 0 Å². The van der Waals surface area contributed by atoms with Gasteiger partial charge in [-0.15, -0.1) is 11.8 Å². The Morgan fingerprint density at radius 3 is 2.22 bits per heavy atom. The van der Waals surface area contributed by atoms with Crippen LogP contribution in [0.4, 0.5) is 5.69 Å². The van der Waals surface area contributed by atoms with E-state index in [0.29, 0.717) is 42.3 Å². The second-order valence-electron chi connectivity index (χ2n) is 8.09. The number of anilines is 1. The highest BCUT2D eigenvalue weighted by Crippen LogP contribution is 2.29. The van der Waals surface area contributed by atoms with Crippen LogP contribution in [-0.4, -0.2) is 81.2 Å². The lowest BCUT2D eigenvalue weighted by Gasteiger charge is -2.28. The zero-order valence-electron chi connectivity index (χ0n) is 20.4. The van der Waals surface area contributed by atoms with Gasteiger partial charge in [-0.05, 0) is 36.2 Å². The fraction of sp³-hybridized carbons (Fsp3) is 0.375. The van der Waals surface area contributed by atoms with Gasteiger partial charge in [0.05, 0.1) is 42.7 Å². The first kappa shape index (κ1) is 27.3. The molecule has 0 saturated carbocycles. The molecule has 2 aromatic carbocycles. The number of rotatable bonds is 10. The number of sulfone groups is 1. The highest BCUT2D eigenvalue weighted by Gasteiger charge is 2.30. The number of nitrogens with zero attached hydrogens (tertiary/aromatic N) is 2. The molecule has 1 aliphatic heterocycles. The van der Waals surface area contributed by atoms with Gasteiger partial charge in [-0.1, -0.05) is 12.1 Å². The molecule has 0 atom stereocenters. The summed E-state index contributed by atoms with van der Waals surface area (Å²) in [6.45, 7) is 0.845. The summed E-state index contributed by atoms with van der Waals surface area (Å²) in [4.78, 5) is 38.2. The quantitative estimate of drug-likeness (QED) is 0.490. The molecule has 2 aromatic rings. The van der Waals surface area contributed by atoms with E-state index in [9.17, 15) is 22.8 Å². The number of hydrazine groups is 1. The molecule has 1 saturated heterocycles. The van der Waals surface area contributed by atoms with Gasteiger partial charge < -0.3 is 14.8 Å². The molecule has 0 radical (unpaired) electrons. The molecule has 12 heteroatoms. The van der Waals surface area contributed by atoms with Crippen LogP contribution in [0, 0.1) is 0 Å². The average Bonchev–Trinajstić information content (AvgIpc) is 3.34. The summed E-state index contributed by atoms with van der Waals surface area (Å²) < 4.78 is 33.6. The van der Waals surface area contributed by atoms with Crippen molar-refractivity contribution < 1.29 is 32.3 Å². The van der Waals surface area contributed by atoms with Crippen molar-refractivity contribution in [2.24, 2.45) is 0 Å². The molecule has 0 unspecified atom stereocenters. The minimum Gasteiger partial charge on any atom is -0.497 e. The molecule has 10 nitrogen and oxygen atoms in total. The van der Waals surface area contributed by atoms with Crippen LogP contribution in [0.3, 0.4) is 0 Å². The van der Waals surface area contributed by atoms with Gasteiger partial charge in [-0.3, -0.25) is 24.4 Å². The van der Waals surface area contributed by atoms with Gasteiger partial charge in [0, 0.05) is 25.4 Å². The Labute approximate surface area is 214 Å². The zero-order valence-corrected chi connectivity index (χ0v) is 22.0. The van der Waals surface area contributed by atoms with Gasteiger partial charge in [0.2, 0.25) is 11.8 Å². The van der Waals surface area contributed by atoms with Gasteiger partial charge in [0.25, 0.3) is 5.91 Å². The molecule has 0 aromatic heterocycles. The molecule has 3 amide bonds. The summed E-state index contributed by atoms with van der Waals surface area (Å²) in [5.41, 5.74) is 1.13. The third-order valence-corrected chi connectivity index (χ3v) is 7.50. The standard InChI is InChI=1S/C24H29N3O7S2/c1-33-18-7-10-21(34-2)20(14-18)25-22(28)15-35-16-24(30)27-12-4-11-26(27)23(29)13-17-5-8-19(9-6-17)36(3,31)32/h5-10,14H,4,11-13,15-16H2,1-3H3,(H,25,28). The average molecular weight is 536 g/mol. The maximum Gasteiger partial charge on any atom is 0.251 e. The second-order valence-corrected chi connectivity index (χ2v) is 11.1. The fourth-order valence-corrected chi connectivity index (χ4v) is 4.97. The highest BCUT2D eigenvalue weighted by atomic mass is 32.2. The minimum absolute atomic E-state index is 0.0372. The van der Waals surface area contributed by atoms with Crippen LogP contribution < -0.4 is 14.8 Å². The van der Waals surface area contributed by atoms with Crippen molar-refractivity contribution in [3.8, 4) is 11.5 Å². The van der Waals surface area contributed by atoms with Crippen LogP contribution in [0.25, 0.3) is 0 Å². The third-order valence-electron chi connectivity index (χ3n) is 5.45. The highest BCUT2D eigenvalue weighted by molar-refractivity contribution is 8.00. The smallest absolute Gasteiger partial charge is 0.251 e. The maximum atomic E-state index is 12.8. The van der Waals surface area contributed by atoms with E-state index >= 15 is 0 Å². The number of hydrogen-bond donors (Lipinski definition) is 1. The number of thioether (sulfide) groups is 1. The fourth-order valence-electron chi connectivity index (χ4n) is 3.65. The van der Waals surface area contributed by atoms with Crippen molar-refractivity contribution in [2.45, 2.75) is 17.7 Å². The number of hydrogen-bond acceptors (Lipinski definition) is 8. The normalized spacial score (nSPS) is 13.4. The Morgan fingerprint density at radius 2 is 1.61 bits per heavy atom. The predicted molar refractivity (Wildman–Crippen MR) is 137 cm³/mol. The molecule has 0 aliphatic carbocycles. The summed E-state index contributed by atoms with van der Waals surface area (Å²) in [6, 6.07) is 11.2. The molecule has 1 N–H and O–H groups in total. The van der Waals surface area contributed by atoms with Crippen molar-refractivity contribution >= 4 is 45.0 Å². The lowest BCUT2D eigenvalue weighted by atomic mass is 10.1. The van der Waals surface area contributed by atoms with E-state index in [1.165, 1.54) is 36.4 Å². The molecule has 194 valence electrons. The molecule has 1 aliphatic rings. The Morgan fingerprint density at radius 1 is 0.944 bits per heavy atom.